The van der Waals surface area contributed by atoms with Crippen molar-refractivity contribution in [2.75, 3.05) is 16.8 Å². The van der Waals surface area contributed by atoms with Gasteiger partial charge in [-0.25, -0.2) is 0 Å². The Morgan fingerprint density at radius 1 is 1.04 bits per heavy atom. The lowest BCUT2D eigenvalue weighted by atomic mass is 10.2. The average Bonchev–Trinajstić information content (AvgIpc) is 2.52. The Labute approximate surface area is 151 Å². The smallest absolute Gasteiger partial charge is 0.226 e. The number of carbonyl (C=O) groups is 2. The Kier molecular flexibility index (Phi) is 6.23. The predicted molar refractivity (Wildman–Crippen MR) is 98.9 cm³/mol. The third-order valence-electron chi connectivity index (χ3n) is 3.54. The van der Waals surface area contributed by atoms with Gasteiger partial charge in [0.15, 0.2) is 0 Å². The van der Waals surface area contributed by atoms with E-state index < -0.39 is 0 Å². The van der Waals surface area contributed by atoms with E-state index in [1.807, 2.05) is 6.92 Å². The van der Waals surface area contributed by atoms with Gasteiger partial charge in [-0.05, 0) is 55.0 Å². The maximum Gasteiger partial charge on any atom is 0.226 e. The van der Waals surface area contributed by atoms with Crippen LogP contribution in [0.3, 0.4) is 0 Å². The summed E-state index contributed by atoms with van der Waals surface area (Å²) in [5.41, 5.74) is 2.31. The van der Waals surface area contributed by atoms with E-state index in [1.54, 1.807) is 47.4 Å². The minimum absolute atomic E-state index is 0.132. The van der Waals surface area contributed by atoms with Gasteiger partial charge in [-0.15, -0.1) is 0 Å². The van der Waals surface area contributed by atoms with Crippen molar-refractivity contribution in [3.05, 3.63) is 58.1 Å². The fraction of sp³-hybridized carbons (Fsp3) is 0.222. The van der Waals surface area contributed by atoms with Gasteiger partial charge in [-0.2, -0.15) is 0 Å². The van der Waals surface area contributed by atoms with E-state index in [0.717, 1.165) is 5.56 Å². The topological polar surface area (TPSA) is 49.4 Å². The standard InChI is InChI=1S/C18H18Cl2N2O2/c1-12-11-15(20)5-8-17(12)21-18(24)9-10-22(13(2)23)16-6-3-14(19)4-7-16/h3-8,11H,9-10H2,1-2H3,(H,21,24). The maximum atomic E-state index is 12.2. The molecular weight excluding hydrogens is 347 g/mol. The molecule has 0 saturated carbocycles. The molecule has 2 rings (SSSR count). The van der Waals surface area contributed by atoms with Crippen LogP contribution < -0.4 is 10.2 Å². The van der Waals surface area contributed by atoms with E-state index in [0.29, 0.717) is 21.4 Å². The second kappa shape index (κ2) is 8.18. The Bertz CT molecular complexity index is 745. The van der Waals surface area contributed by atoms with Crippen LogP contribution in [0.5, 0.6) is 0 Å². The summed E-state index contributed by atoms with van der Waals surface area (Å²) in [7, 11) is 0. The van der Waals surface area contributed by atoms with E-state index in [-0.39, 0.29) is 24.8 Å². The number of benzene rings is 2. The van der Waals surface area contributed by atoms with Crippen LogP contribution >= 0.6 is 23.2 Å². The van der Waals surface area contributed by atoms with Crippen molar-refractivity contribution in [3.63, 3.8) is 0 Å². The van der Waals surface area contributed by atoms with Crippen LogP contribution in [-0.2, 0) is 9.59 Å². The number of hydrogen-bond acceptors (Lipinski definition) is 2. The molecule has 0 spiro atoms. The molecule has 4 nitrogen and oxygen atoms in total. The fourth-order valence-corrected chi connectivity index (χ4v) is 2.64. The van der Waals surface area contributed by atoms with Gasteiger partial charge < -0.3 is 10.2 Å². The van der Waals surface area contributed by atoms with Gasteiger partial charge in [-0.3, -0.25) is 9.59 Å². The zero-order valence-corrected chi connectivity index (χ0v) is 15.0. The van der Waals surface area contributed by atoms with Crippen LogP contribution in [0, 0.1) is 6.92 Å². The molecule has 24 heavy (non-hydrogen) atoms. The third kappa shape index (κ3) is 4.98. The summed E-state index contributed by atoms with van der Waals surface area (Å²) in [5, 5.41) is 4.05. The summed E-state index contributed by atoms with van der Waals surface area (Å²) < 4.78 is 0. The first-order valence-corrected chi connectivity index (χ1v) is 8.22. The molecular formula is C18H18Cl2N2O2. The molecule has 2 aromatic rings. The van der Waals surface area contributed by atoms with Crippen molar-refractivity contribution >= 4 is 46.4 Å². The van der Waals surface area contributed by atoms with Crippen molar-refractivity contribution in [1.29, 1.82) is 0 Å². The molecule has 0 unspecified atom stereocenters. The molecule has 126 valence electrons. The number of anilines is 2. The van der Waals surface area contributed by atoms with Crippen molar-refractivity contribution in [3.8, 4) is 0 Å². The van der Waals surface area contributed by atoms with Crippen LogP contribution in [0.15, 0.2) is 42.5 Å². The molecule has 2 amide bonds. The monoisotopic (exact) mass is 364 g/mol. The first kappa shape index (κ1) is 18.3. The van der Waals surface area contributed by atoms with Crippen LogP contribution in [-0.4, -0.2) is 18.4 Å². The van der Waals surface area contributed by atoms with Gasteiger partial charge in [0.2, 0.25) is 11.8 Å². The molecule has 2 aromatic carbocycles. The predicted octanol–water partition coefficient (Wildman–Crippen LogP) is 4.68. The largest absolute Gasteiger partial charge is 0.326 e. The highest BCUT2D eigenvalue weighted by atomic mass is 35.5. The van der Waals surface area contributed by atoms with E-state index in [1.165, 1.54) is 6.92 Å². The molecule has 0 saturated heterocycles. The zero-order valence-electron chi connectivity index (χ0n) is 13.5. The first-order valence-electron chi connectivity index (χ1n) is 7.46. The highest BCUT2D eigenvalue weighted by molar-refractivity contribution is 6.31. The summed E-state index contributed by atoms with van der Waals surface area (Å²) in [6.07, 6.45) is 0.185. The quantitative estimate of drug-likeness (QED) is 0.836. The Morgan fingerprint density at radius 3 is 2.25 bits per heavy atom. The third-order valence-corrected chi connectivity index (χ3v) is 4.03. The summed E-state index contributed by atoms with van der Waals surface area (Å²) in [4.78, 5) is 25.5. The number of rotatable bonds is 5. The van der Waals surface area contributed by atoms with E-state index in [4.69, 9.17) is 23.2 Å². The molecule has 0 bridgehead atoms. The second-order valence-electron chi connectivity index (χ2n) is 5.40. The number of hydrogen-bond donors (Lipinski definition) is 1. The van der Waals surface area contributed by atoms with Gasteiger partial charge in [0.25, 0.3) is 0 Å². The summed E-state index contributed by atoms with van der Waals surface area (Å²) in [6.45, 7) is 3.63. The summed E-state index contributed by atoms with van der Waals surface area (Å²) in [6, 6.07) is 12.2. The molecule has 0 radical (unpaired) electrons. The van der Waals surface area contributed by atoms with Crippen LogP contribution in [0.4, 0.5) is 11.4 Å². The number of amides is 2. The lowest BCUT2D eigenvalue weighted by molar-refractivity contribution is -0.117. The second-order valence-corrected chi connectivity index (χ2v) is 6.28. The summed E-state index contributed by atoms with van der Waals surface area (Å²) >= 11 is 11.8. The fourth-order valence-electron chi connectivity index (χ4n) is 2.28. The first-order chi connectivity index (χ1) is 11.4. The number of carbonyl (C=O) groups excluding carboxylic acids is 2. The van der Waals surface area contributed by atoms with E-state index in [9.17, 15) is 9.59 Å². The van der Waals surface area contributed by atoms with E-state index in [2.05, 4.69) is 5.32 Å². The normalized spacial score (nSPS) is 10.3. The molecule has 0 aliphatic rings. The maximum absolute atomic E-state index is 12.2. The van der Waals surface area contributed by atoms with Crippen molar-refractivity contribution < 1.29 is 9.59 Å². The average molecular weight is 365 g/mol. The Balaban J connectivity index is 2.00. The molecule has 0 aromatic heterocycles. The van der Waals surface area contributed by atoms with Crippen molar-refractivity contribution in [2.45, 2.75) is 20.3 Å². The molecule has 0 atom stereocenters. The molecule has 6 heteroatoms. The molecule has 1 N–H and O–H groups in total. The van der Waals surface area contributed by atoms with Gasteiger partial charge in [-0.1, -0.05) is 23.2 Å². The zero-order chi connectivity index (χ0) is 17.7. The molecule has 0 fully saturated rings. The number of aryl methyl sites for hydroxylation is 1. The van der Waals surface area contributed by atoms with Crippen LogP contribution in [0.1, 0.15) is 18.9 Å². The number of nitrogens with one attached hydrogen (secondary N) is 1. The number of nitrogens with zero attached hydrogens (tertiary/aromatic N) is 1. The number of halogens is 2. The highest BCUT2D eigenvalue weighted by Gasteiger charge is 2.14. The SMILES string of the molecule is CC(=O)N(CCC(=O)Nc1ccc(Cl)cc1C)c1ccc(Cl)cc1. The lowest BCUT2D eigenvalue weighted by Gasteiger charge is -2.21. The molecule has 0 heterocycles. The van der Waals surface area contributed by atoms with Crippen LogP contribution in [0.25, 0.3) is 0 Å². The Hall–Kier alpha value is -2.04. The van der Waals surface area contributed by atoms with Gasteiger partial charge in [0.05, 0.1) is 0 Å². The lowest BCUT2D eigenvalue weighted by Crippen LogP contribution is -2.31. The minimum Gasteiger partial charge on any atom is -0.326 e. The Morgan fingerprint density at radius 2 is 1.67 bits per heavy atom. The molecule has 0 aliphatic heterocycles. The van der Waals surface area contributed by atoms with Gasteiger partial charge >= 0.3 is 0 Å². The molecule has 0 aliphatic carbocycles. The summed E-state index contributed by atoms with van der Waals surface area (Å²) in [5.74, 6) is -0.298. The highest BCUT2D eigenvalue weighted by Crippen LogP contribution is 2.21. The minimum atomic E-state index is -0.166. The van der Waals surface area contributed by atoms with Crippen LogP contribution in [0.2, 0.25) is 10.0 Å². The van der Waals surface area contributed by atoms with Gasteiger partial charge in [0.1, 0.15) is 0 Å². The van der Waals surface area contributed by atoms with Gasteiger partial charge in [0, 0.05) is 41.3 Å². The van der Waals surface area contributed by atoms with Crippen molar-refractivity contribution in [1.82, 2.24) is 0 Å². The van der Waals surface area contributed by atoms with E-state index >= 15 is 0 Å². The van der Waals surface area contributed by atoms with Crippen molar-refractivity contribution in [2.24, 2.45) is 0 Å².